The molecule has 13 heavy (non-hydrogen) atoms. The molecule has 0 aliphatic heterocycles. The third-order valence-electron chi connectivity index (χ3n) is 2.73. The van der Waals surface area contributed by atoms with Crippen LogP contribution in [0.2, 0.25) is 15.8 Å². The summed E-state index contributed by atoms with van der Waals surface area (Å²) in [7, 11) is 0. The fourth-order valence-electron chi connectivity index (χ4n) is 1.34. The first-order chi connectivity index (χ1) is 5.89. The first-order valence-electron chi connectivity index (χ1n) is 5.43. The monoisotopic (exact) mass is 242 g/mol. The average molecular weight is 241 g/mol. The van der Waals surface area contributed by atoms with Gasteiger partial charge in [0.1, 0.15) is 0 Å². The average Bonchev–Trinajstić information content (AvgIpc) is 2.06. The molecule has 0 saturated carbocycles. The van der Waals surface area contributed by atoms with Crippen LogP contribution >= 0.6 is 0 Å². The van der Waals surface area contributed by atoms with Gasteiger partial charge in [0.2, 0.25) is 0 Å². The predicted octanol–water partition coefficient (Wildman–Crippen LogP) is 4.08. The summed E-state index contributed by atoms with van der Waals surface area (Å²) in [5, 5.41) is 4.07. The van der Waals surface area contributed by atoms with Crippen molar-refractivity contribution in [3.8, 4) is 10.7 Å². The van der Waals surface area contributed by atoms with E-state index in [0.717, 1.165) is 0 Å². The summed E-state index contributed by atoms with van der Waals surface area (Å²) in [5.74, 6) is 3.45. The van der Waals surface area contributed by atoms with E-state index in [-0.39, 0.29) is 5.41 Å². The van der Waals surface area contributed by atoms with Crippen LogP contribution in [0.15, 0.2) is 0 Å². The molecule has 0 heterocycles. The molecule has 0 aromatic rings. The molecule has 1 heteroatoms. The van der Waals surface area contributed by atoms with Crippen molar-refractivity contribution in [1.29, 1.82) is 0 Å². The molecule has 0 aliphatic rings. The van der Waals surface area contributed by atoms with Gasteiger partial charge in [0.05, 0.1) is 0 Å². The summed E-state index contributed by atoms with van der Waals surface area (Å²) in [6.45, 7) is 13.6. The second-order valence-corrected chi connectivity index (χ2v) is 15.2. The van der Waals surface area contributed by atoms with Gasteiger partial charge in [-0.25, -0.2) is 0 Å². The molecule has 76 valence electrons. The third kappa shape index (κ3) is 4.76. The van der Waals surface area contributed by atoms with E-state index in [1.54, 1.807) is 0 Å². The van der Waals surface area contributed by atoms with Gasteiger partial charge in [-0.15, -0.1) is 0 Å². The van der Waals surface area contributed by atoms with Crippen LogP contribution in [-0.2, 0) is 0 Å². The molecule has 0 saturated heterocycles. The van der Waals surface area contributed by atoms with E-state index in [0.29, 0.717) is 0 Å². The first kappa shape index (κ1) is 13.1. The van der Waals surface area contributed by atoms with Gasteiger partial charge in [-0.1, -0.05) is 0 Å². The minimum atomic E-state index is -1.70. The van der Waals surface area contributed by atoms with E-state index >= 15 is 0 Å². The van der Waals surface area contributed by atoms with Crippen LogP contribution in [0, 0.1) is 16.1 Å². The van der Waals surface area contributed by atoms with E-state index in [4.69, 9.17) is 0 Å². The quantitative estimate of drug-likeness (QED) is 0.515. The van der Waals surface area contributed by atoms with Gasteiger partial charge in [0, 0.05) is 0 Å². The van der Waals surface area contributed by atoms with Crippen molar-refractivity contribution in [3.63, 3.8) is 0 Å². The van der Waals surface area contributed by atoms with Crippen molar-refractivity contribution in [2.24, 2.45) is 5.41 Å². The molecule has 0 N–H and O–H groups in total. The summed E-state index contributed by atoms with van der Waals surface area (Å²) >= 11 is -1.70. The fraction of sp³-hybridized carbons (Fsp3) is 0.833. The van der Waals surface area contributed by atoms with Crippen molar-refractivity contribution in [3.05, 3.63) is 0 Å². The van der Waals surface area contributed by atoms with Gasteiger partial charge in [-0.05, 0) is 0 Å². The van der Waals surface area contributed by atoms with Crippen molar-refractivity contribution >= 4 is 13.3 Å². The number of hydrogen-bond donors (Lipinski definition) is 0. The Labute approximate surface area is 86.9 Å². The summed E-state index contributed by atoms with van der Waals surface area (Å²) < 4.78 is 3.66. The molecular weight excluding hydrogens is 217 g/mol. The second-order valence-electron chi connectivity index (χ2n) is 4.84. The standard InChI is InChI=1S/C12H24Ge/c1-7-13(8-2,9-3)11-10-12(4,5)6/h7-9H2,1-6H3. The first-order valence-corrected chi connectivity index (χ1v) is 10.9. The summed E-state index contributed by atoms with van der Waals surface area (Å²) in [4.78, 5) is 0. The van der Waals surface area contributed by atoms with Crippen LogP contribution in [0.4, 0.5) is 0 Å². The minimum absolute atomic E-state index is 0.190. The molecule has 0 bridgehead atoms. The SMILES string of the molecule is C[CH2][Ge]([C]#CC(C)(C)C)([CH2]C)[CH2]C. The molecule has 0 unspecified atom stereocenters. The number of rotatable bonds is 3. The Bertz CT molecular complexity index is 187. The van der Waals surface area contributed by atoms with Crippen LogP contribution in [0.25, 0.3) is 0 Å². The maximum atomic E-state index is 3.66. The van der Waals surface area contributed by atoms with Crippen LogP contribution in [0.5, 0.6) is 0 Å². The van der Waals surface area contributed by atoms with Gasteiger partial charge >= 0.3 is 86.7 Å². The zero-order chi connectivity index (χ0) is 10.5. The van der Waals surface area contributed by atoms with Gasteiger partial charge in [0.15, 0.2) is 0 Å². The van der Waals surface area contributed by atoms with Gasteiger partial charge in [-0.2, -0.15) is 0 Å². The van der Waals surface area contributed by atoms with Crippen molar-refractivity contribution in [1.82, 2.24) is 0 Å². The molecule has 0 amide bonds. The Morgan fingerprint density at radius 2 is 1.31 bits per heavy atom. The second kappa shape index (κ2) is 5.10. The van der Waals surface area contributed by atoms with Gasteiger partial charge in [-0.3, -0.25) is 0 Å². The molecule has 0 spiro atoms. The molecule has 0 nitrogen and oxygen atoms in total. The van der Waals surface area contributed by atoms with Crippen LogP contribution in [0.1, 0.15) is 41.5 Å². The molecule has 0 aromatic heterocycles. The van der Waals surface area contributed by atoms with Gasteiger partial charge in [0.25, 0.3) is 0 Å². The Kier molecular flexibility index (Phi) is 5.14. The summed E-state index contributed by atoms with van der Waals surface area (Å²) in [5.41, 5.74) is 0.190. The van der Waals surface area contributed by atoms with Crippen molar-refractivity contribution < 1.29 is 0 Å². The summed E-state index contributed by atoms with van der Waals surface area (Å²) in [6.07, 6.45) is 0. The zero-order valence-corrected chi connectivity index (χ0v) is 12.2. The Balaban J connectivity index is 4.66. The zero-order valence-electron chi connectivity index (χ0n) is 10.1. The van der Waals surface area contributed by atoms with E-state index in [2.05, 4.69) is 52.2 Å². The van der Waals surface area contributed by atoms with Crippen LogP contribution < -0.4 is 0 Å². The normalized spacial score (nSPS) is 12.2. The van der Waals surface area contributed by atoms with Crippen molar-refractivity contribution in [2.45, 2.75) is 57.3 Å². The van der Waals surface area contributed by atoms with Gasteiger partial charge < -0.3 is 0 Å². The van der Waals surface area contributed by atoms with E-state index in [1.165, 1.54) is 15.8 Å². The molecule has 0 fully saturated rings. The third-order valence-corrected chi connectivity index (χ3v) is 12.6. The Hall–Kier alpha value is 0.103. The maximum absolute atomic E-state index is 3.66. The van der Waals surface area contributed by atoms with Crippen molar-refractivity contribution in [2.75, 3.05) is 0 Å². The topological polar surface area (TPSA) is 0 Å². The van der Waals surface area contributed by atoms with Crippen LogP contribution in [-0.4, -0.2) is 13.3 Å². The molecule has 0 aromatic carbocycles. The van der Waals surface area contributed by atoms with E-state index < -0.39 is 13.3 Å². The molecule has 0 aliphatic carbocycles. The Morgan fingerprint density at radius 1 is 0.923 bits per heavy atom. The predicted molar refractivity (Wildman–Crippen MR) is 64.4 cm³/mol. The summed E-state index contributed by atoms with van der Waals surface area (Å²) in [6, 6.07) is 0. The fourth-order valence-corrected chi connectivity index (χ4v) is 6.94. The Morgan fingerprint density at radius 3 is 1.54 bits per heavy atom. The number of hydrogen-bond acceptors (Lipinski definition) is 0. The molecule has 0 radical (unpaired) electrons. The van der Waals surface area contributed by atoms with E-state index in [1.807, 2.05) is 0 Å². The van der Waals surface area contributed by atoms with E-state index in [9.17, 15) is 0 Å². The van der Waals surface area contributed by atoms with Crippen LogP contribution in [0.3, 0.4) is 0 Å². The molecular formula is C12H24Ge. The molecule has 0 atom stereocenters. The molecule has 0 rings (SSSR count).